The molecule has 2 amide bonds. The van der Waals surface area contributed by atoms with Gasteiger partial charge >= 0.3 is 0 Å². The van der Waals surface area contributed by atoms with E-state index in [0.29, 0.717) is 0 Å². The average molecular weight is 423 g/mol. The number of amides is 2. The van der Waals surface area contributed by atoms with E-state index in [0.717, 1.165) is 6.42 Å². The molecule has 0 bridgehead atoms. The number of carbonyl (C=O) groups excluding carboxylic acids is 2. The van der Waals surface area contributed by atoms with E-state index in [1.54, 1.807) is 25.1 Å². The normalized spacial score (nSPS) is 12.9. The third-order valence-electron chi connectivity index (χ3n) is 4.86. The molecule has 2 rings (SSSR count). The van der Waals surface area contributed by atoms with Crippen molar-refractivity contribution in [3.05, 3.63) is 70.2 Å². The summed E-state index contributed by atoms with van der Waals surface area (Å²) >= 11 is 6.04. The summed E-state index contributed by atoms with van der Waals surface area (Å²) in [5.41, 5.74) is 0.316. The monoisotopic (exact) mass is 422 g/mol. The summed E-state index contributed by atoms with van der Waals surface area (Å²) in [4.78, 5) is 26.9. The Balaban J connectivity index is 2.31. The maximum Gasteiger partial charge on any atom is 0.242 e. The van der Waals surface area contributed by atoms with Crippen LogP contribution in [0.5, 0.6) is 0 Å². The molecule has 7 heteroatoms. The number of nitrogens with one attached hydrogen (secondary N) is 1. The molecule has 4 nitrogen and oxygen atoms in total. The van der Waals surface area contributed by atoms with Crippen molar-refractivity contribution in [3.8, 4) is 0 Å². The molecule has 0 heterocycles. The van der Waals surface area contributed by atoms with Gasteiger partial charge in [0, 0.05) is 28.7 Å². The first-order chi connectivity index (χ1) is 13.7. The first kappa shape index (κ1) is 22.8. The molecule has 0 fully saturated rings. The second-order valence-corrected chi connectivity index (χ2v) is 7.39. The van der Waals surface area contributed by atoms with Crippen molar-refractivity contribution in [2.75, 3.05) is 0 Å². The van der Waals surface area contributed by atoms with E-state index in [1.165, 1.54) is 29.2 Å². The van der Waals surface area contributed by atoms with Crippen molar-refractivity contribution in [1.29, 1.82) is 0 Å². The van der Waals surface area contributed by atoms with Crippen molar-refractivity contribution in [2.45, 2.75) is 52.2 Å². The number of carbonyl (C=O) groups is 2. The zero-order valence-electron chi connectivity index (χ0n) is 16.7. The summed E-state index contributed by atoms with van der Waals surface area (Å²) in [5.74, 6) is -1.96. The number of benzene rings is 2. The molecule has 2 aromatic rings. The Morgan fingerprint density at radius 3 is 2.34 bits per heavy atom. The topological polar surface area (TPSA) is 49.4 Å². The number of hydrogen-bond acceptors (Lipinski definition) is 2. The molecule has 2 aromatic carbocycles. The summed E-state index contributed by atoms with van der Waals surface area (Å²) in [6.07, 6.45) is 0.394. The van der Waals surface area contributed by atoms with Gasteiger partial charge in [0.1, 0.15) is 17.7 Å². The lowest BCUT2D eigenvalue weighted by Crippen LogP contribution is -2.50. The van der Waals surface area contributed by atoms with Gasteiger partial charge in [0.05, 0.1) is 6.42 Å². The lowest BCUT2D eigenvalue weighted by Gasteiger charge is -2.30. The molecule has 0 aliphatic carbocycles. The van der Waals surface area contributed by atoms with Gasteiger partial charge in [-0.25, -0.2) is 8.78 Å². The minimum atomic E-state index is -0.873. The standard InChI is InChI=1S/C22H25ClF2N2O2/c1-4-14(2)26-22(29)15(3)27(13-16-8-5-6-10-19(16)24)21(28)12-17-18(23)9-7-11-20(17)25/h5-11,14-15H,4,12-13H2,1-3H3,(H,26,29)/t14-,15-/m0/s1. The predicted octanol–water partition coefficient (Wildman–Crippen LogP) is 4.49. The van der Waals surface area contributed by atoms with Gasteiger partial charge in [0.2, 0.25) is 11.8 Å². The first-order valence-electron chi connectivity index (χ1n) is 9.50. The average Bonchev–Trinajstić information content (AvgIpc) is 2.69. The fraction of sp³-hybridized carbons (Fsp3) is 0.364. The van der Waals surface area contributed by atoms with E-state index >= 15 is 0 Å². The summed E-state index contributed by atoms with van der Waals surface area (Å²) in [6, 6.07) is 9.24. The van der Waals surface area contributed by atoms with Crippen LogP contribution in [0.15, 0.2) is 42.5 Å². The zero-order valence-corrected chi connectivity index (χ0v) is 17.5. The molecule has 0 radical (unpaired) electrons. The molecule has 0 aromatic heterocycles. The minimum Gasteiger partial charge on any atom is -0.352 e. The Morgan fingerprint density at radius 2 is 1.72 bits per heavy atom. The number of nitrogens with zero attached hydrogens (tertiary/aromatic N) is 1. The van der Waals surface area contributed by atoms with E-state index in [4.69, 9.17) is 11.6 Å². The second kappa shape index (κ2) is 10.3. The highest BCUT2D eigenvalue weighted by Crippen LogP contribution is 2.22. The van der Waals surface area contributed by atoms with Crippen LogP contribution >= 0.6 is 11.6 Å². The molecule has 0 saturated carbocycles. The van der Waals surface area contributed by atoms with Crippen molar-refractivity contribution in [1.82, 2.24) is 10.2 Å². The Bertz CT molecular complexity index is 855. The van der Waals surface area contributed by atoms with Gasteiger partial charge in [-0.1, -0.05) is 42.8 Å². The largest absolute Gasteiger partial charge is 0.352 e. The fourth-order valence-corrected chi connectivity index (χ4v) is 3.04. The molecule has 2 atom stereocenters. The smallest absolute Gasteiger partial charge is 0.242 e. The van der Waals surface area contributed by atoms with Gasteiger partial charge < -0.3 is 10.2 Å². The van der Waals surface area contributed by atoms with E-state index in [-0.39, 0.29) is 41.1 Å². The molecule has 29 heavy (non-hydrogen) atoms. The molecule has 1 N–H and O–H groups in total. The molecule has 0 saturated heterocycles. The summed E-state index contributed by atoms with van der Waals surface area (Å²) in [7, 11) is 0. The molecule has 0 unspecified atom stereocenters. The van der Waals surface area contributed by atoms with Crippen LogP contribution < -0.4 is 5.32 Å². The third-order valence-corrected chi connectivity index (χ3v) is 5.21. The van der Waals surface area contributed by atoms with Gasteiger partial charge in [-0.2, -0.15) is 0 Å². The van der Waals surface area contributed by atoms with Gasteiger partial charge in [0.25, 0.3) is 0 Å². The quantitative estimate of drug-likeness (QED) is 0.681. The Hall–Kier alpha value is -2.47. The van der Waals surface area contributed by atoms with Gasteiger partial charge in [0.15, 0.2) is 0 Å². The molecule has 0 aliphatic rings. The van der Waals surface area contributed by atoms with Gasteiger partial charge in [-0.3, -0.25) is 9.59 Å². The first-order valence-corrected chi connectivity index (χ1v) is 9.88. The summed E-state index contributed by atoms with van der Waals surface area (Å²) < 4.78 is 28.3. The SMILES string of the molecule is CC[C@H](C)NC(=O)[C@H](C)N(Cc1ccccc1F)C(=O)Cc1c(F)cccc1Cl. The summed E-state index contributed by atoms with van der Waals surface area (Å²) in [5, 5.41) is 2.95. The highest BCUT2D eigenvalue weighted by Gasteiger charge is 2.28. The van der Waals surface area contributed by atoms with Crippen LogP contribution in [0.1, 0.15) is 38.3 Å². The van der Waals surface area contributed by atoms with Crippen molar-refractivity contribution < 1.29 is 18.4 Å². The third kappa shape index (κ3) is 6.00. The maximum absolute atomic E-state index is 14.2. The summed E-state index contributed by atoms with van der Waals surface area (Å²) in [6.45, 7) is 5.23. The molecular formula is C22H25ClF2N2O2. The van der Waals surface area contributed by atoms with Crippen LogP contribution in [0.3, 0.4) is 0 Å². The molecule has 0 aliphatic heterocycles. The van der Waals surface area contributed by atoms with Crippen molar-refractivity contribution in [2.24, 2.45) is 0 Å². The Kier molecular flexibility index (Phi) is 8.14. The van der Waals surface area contributed by atoms with Crippen LogP contribution in [0.2, 0.25) is 5.02 Å². The predicted molar refractivity (Wildman–Crippen MR) is 109 cm³/mol. The van der Waals surface area contributed by atoms with Crippen LogP contribution in [0, 0.1) is 11.6 Å². The van der Waals surface area contributed by atoms with Gasteiger partial charge in [-0.05, 0) is 38.5 Å². The molecule has 0 spiro atoms. The van der Waals surface area contributed by atoms with E-state index in [2.05, 4.69) is 5.32 Å². The Morgan fingerprint density at radius 1 is 1.07 bits per heavy atom. The lowest BCUT2D eigenvalue weighted by atomic mass is 10.1. The van der Waals surface area contributed by atoms with Crippen molar-refractivity contribution in [3.63, 3.8) is 0 Å². The van der Waals surface area contributed by atoms with Crippen molar-refractivity contribution >= 4 is 23.4 Å². The van der Waals surface area contributed by atoms with E-state index < -0.39 is 23.6 Å². The molecular weight excluding hydrogens is 398 g/mol. The maximum atomic E-state index is 14.2. The number of rotatable bonds is 8. The number of halogens is 3. The molecule has 156 valence electrons. The van der Waals surface area contributed by atoms with Crippen LogP contribution in [-0.2, 0) is 22.6 Å². The fourth-order valence-electron chi connectivity index (χ4n) is 2.81. The van der Waals surface area contributed by atoms with E-state index in [9.17, 15) is 18.4 Å². The highest BCUT2D eigenvalue weighted by molar-refractivity contribution is 6.31. The zero-order chi connectivity index (χ0) is 21.6. The minimum absolute atomic E-state index is 0.0484. The Labute approximate surface area is 174 Å². The van der Waals surface area contributed by atoms with Crippen LogP contribution in [0.25, 0.3) is 0 Å². The van der Waals surface area contributed by atoms with E-state index in [1.807, 2.05) is 13.8 Å². The van der Waals surface area contributed by atoms with Crippen LogP contribution in [0.4, 0.5) is 8.78 Å². The number of hydrogen-bond donors (Lipinski definition) is 1. The van der Waals surface area contributed by atoms with Gasteiger partial charge in [-0.15, -0.1) is 0 Å². The highest BCUT2D eigenvalue weighted by atomic mass is 35.5. The lowest BCUT2D eigenvalue weighted by molar-refractivity contribution is -0.140. The second-order valence-electron chi connectivity index (χ2n) is 6.98. The van der Waals surface area contributed by atoms with Crippen LogP contribution in [-0.4, -0.2) is 28.8 Å².